The van der Waals surface area contributed by atoms with Gasteiger partial charge in [0.2, 0.25) is 6.41 Å². The summed E-state index contributed by atoms with van der Waals surface area (Å²) < 4.78 is 0.175. The van der Waals surface area contributed by atoms with Crippen molar-refractivity contribution in [3.8, 4) is 0 Å². The number of rotatable bonds is 3. The highest BCUT2D eigenvalue weighted by Gasteiger charge is 2.23. The van der Waals surface area contributed by atoms with Crippen LogP contribution in [0.4, 0.5) is 0 Å². The van der Waals surface area contributed by atoms with Gasteiger partial charge in [-0.2, -0.15) is 0 Å². The van der Waals surface area contributed by atoms with Gasteiger partial charge in [0.1, 0.15) is 0 Å². The molecule has 0 unspecified atom stereocenters. The lowest BCUT2D eigenvalue weighted by atomic mass is 9.97. The SMILES string of the molecule is CC(C)(C)Sc1ccc([C@H]2CCCCN2C=O)cn1. The molecule has 4 heteroatoms. The smallest absolute Gasteiger partial charge is 0.210 e. The Morgan fingerprint density at radius 2 is 2.16 bits per heavy atom. The molecule has 3 nitrogen and oxygen atoms in total. The molecule has 2 rings (SSSR count). The monoisotopic (exact) mass is 278 g/mol. The highest BCUT2D eigenvalue weighted by atomic mass is 32.2. The van der Waals surface area contributed by atoms with Gasteiger partial charge in [-0.15, -0.1) is 11.8 Å². The van der Waals surface area contributed by atoms with Crippen LogP contribution >= 0.6 is 11.8 Å². The third kappa shape index (κ3) is 3.96. The van der Waals surface area contributed by atoms with Gasteiger partial charge >= 0.3 is 0 Å². The van der Waals surface area contributed by atoms with Crippen LogP contribution in [0.2, 0.25) is 0 Å². The van der Waals surface area contributed by atoms with Crippen LogP contribution in [0, 0.1) is 0 Å². The zero-order valence-corrected chi connectivity index (χ0v) is 12.7. The fraction of sp³-hybridized carbons (Fsp3) is 0.600. The van der Waals surface area contributed by atoms with Crippen molar-refractivity contribution in [2.75, 3.05) is 6.54 Å². The first kappa shape index (κ1) is 14.4. The van der Waals surface area contributed by atoms with Crippen LogP contribution < -0.4 is 0 Å². The number of nitrogens with zero attached hydrogens (tertiary/aromatic N) is 2. The summed E-state index contributed by atoms with van der Waals surface area (Å²) in [7, 11) is 0. The Labute approximate surface area is 119 Å². The van der Waals surface area contributed by atoms with Gasteiger partial charge in [-0.3, -0.25) is 4.79 Å². The Morgan fingerprint density at radius 3 is 2.74 bits per heavy atom. The van der Waals surface area contributed by atoms with Crippen LogP contribution in [0.15, 0.2) is 23.4 Å². The van der Waals surface area contributed by atoms with Gasteiger partial charge in [-0.25, -0.2) is 4.98 Å². The fourth-order valence-electron chi connectivity index (χ4n) is 2.40. The third-order valence-electron chi connectivity index (χ3n) is 3.23. The lowest BCUT2D eigenvalue weighted by Gasteiger charge is -2.32. The van der Waals surface area contributed by atoms with Crippen molar-refractivity contribution in [2.24, 2.45) is 0 Å². The topological polar surface area (TPSA) is 33.2 Å². The summed E-state index contributed by atoms with van der Waals surface area (Å²) in [5, 5.41) is 1.05. The van der Waals surface area contributed by atoms with Gasteiger partial charge in [-0.05, 0) is 30.9 Å². The summed E-state index contributed by atoms with van der Waals surface area (Å²) in [5.74, 6) is 0. The average Bonchev–Trinajstić information content (AvgIpc) is 2.38. The zero-order valence-electron chi connectivity index (χ0n) is 11.9. The van der Waals surface area contributed by atoms with Crippen LogP contribution in [0.3, 0.4) is 0 Å². The molecule has 1 atom stereocenters. The maximum absolute atomic E-state index is 11.1. The van der Waals surface area contributed by atoms with E-state index in [0.717, 1.165) is 36.4 Å². The summed E-state index contributed by atoms with van der Waals surface area (Å²) in [6.07, 6.45) is 6.25. The molecule has 104 valence electrons. The van der Waals surface area contributed by atoms with Gasteiger partial charge in [0.05, 0.1) is 11.1 Å². The van der Waals surface area contributed by atoms with E-state index in [2.05, 4.69) is 37.9 Å². The highest BCUT2D eigenvalue weighted by molar-refractivity contribution is 8.00. The second-order valence-electron chi connectivity index (χ2n) is 6.00. The van der Waals surface area contributed by atoms with Gasteiger partial charge < -0.3 is 4.90 Å². The van der Waals surface area contributed by atoms with E-state index in [1.54, 1.807) is 11.8 Å². The predicted molar refractivity (Wildman–Crippen MR) is 79.2 cm³/mol. The Kier molecular flexibility index (Phi) is 4.50. The maximum atomic E-state index is 11.1. The van der Waals surface area contributed by atoms with E-state index < -0.39 is 0 Å². The first-order chi connectivity index (χ1) is 8.99. The predicted octanol–water partition coefficient (Wildman–Crippen LogP) is 3.66. The lowest BCUT2D eigenvalue weighted by Crippen LogP contribution is -2.32. The molecule has 1 amide bonds. The van der Waals surface area contributed by atoms with Gasteiger partial charge in [0.15, 0.2) is 0 Å². The van der Waals surface area contributed by atoms with Gasteiger partial charge in [0.25, 0.3) is 0 Å². The summed E-state index contributed by atoms with van der Waals surface area (Å²) >= 11 is 1.77. The van der Waals surface area contributed by atoms with Crippen molar-refractivity contribution in [1.82, 2.24) is 9.88 Å². The second kappa shape index (κ2) is 5.95. The van der Waals surface area contributed by atoms with E-state index in [9.17, 15) is 4.79 Å². The number of aromatic nitrogens is 1. The van der Waals surface area contributed by atoms with Crippen LogP contribution in [0.5, 0.6) is 0 Å². The molecule has 0 radical (unpaired) electrons. The van der Waals surface area contributed by atoms with E-state index in [1.165, 1.54) is 6.42 Å². The van der Waals surface area contributed by atoms with E-state index in [4.69, 9.17) is 0 Å². The minimum Gasteiger partial charge on any atom is -0.338 e. The number of hydrogen-bond donors (Lipinski definition) is 0. The molecule has 0 bridgehead atoms. The first-order valence-corrected chi connectivity index (χ1v) is 7.67. The first-order valence-electron chi connectivity index (χ1n) is 6.85. The standard InChI is InChI=1S/C15H22N2OS/c1-15(2,3)19-14-8-7-12(10-16-14)13-6-4-5-9-17(13)11-18/h7-8,10-11,13H,4-6,9H2,1-3H3/t13-/m1/s1. The molecule has 1 aromatic heterocycles. The number of likely N-dealkylation sites (tertiary alicyclic amines) is 1. The van der Waals surface area contributed by atoms with Gasteiger partial charge in [-0.1, -0.05) is 26.8 Å². The van der Waals surface area contributed by atoms with Crippen molar-refractivity contribution >= 4 is 18.2 Å². The van der Waals surface area contributed by atoms with E-state index in [0.29, 0.717) is 0 Å². The summed E-state index contributed by atoms with van der Waals surface area (Å²) in [5.41, 5.74) is 1.16. The molecule has 0 spiro atoms. The maximum Gasteiger partial charge on any atom is 0.210 e. The molecule has 1 aliphatic rings. The normalized spacial score (nSPS) is 20.4. The number of piperidine rings is 1. The second-order valence-corrected chi connectivity index (χ2v) is 7.85. The van der Waals surface area contributed by atoms with Crippen LogP contribution in [-0.2, 0) is 4.79 Å². The van der Waals surface area contributed by atoms with E-state index >= 15 is 0 Å². The number of amides is 1. The quantitative estimate of drug-likeness (QED) is 0.625. The Bertz CT molecular complexity index is 425. The largest absolute Gasteiger partial charge is 0.338 e. The Morgan fingerprint density at radius 1 is 1.37 bits per heavy atom. The van der Waals surface area contributed by atoms with Crippen molar-refractivity contribution in [2.45, 2.75) is 55.8 Å². The molecule has 1 aromatic rings. The average molecular weight is 278 g/mol. The van der Waals surface area contributed by atoms with Gasteiger partial charge in [0, 0.05) is 17.5 Å². The minimum atomic E-state index is 0.175. The molecule has 0 aromatic carbocycles. The molecule has 0 N–H and O–H groups in total. The van der Waals surface area contributed by atoms with Crippen molar-refractivity contribution < 1.29 is 4.79 Å². The number of carbonyl (C=O) groups excluding carboxylic acids is 1. The number of carbonyl (C=O) groups is 1. The highest BCUT2D eigenvalue weighted by Crippen LogP contribution is 2.33. The number of hydrogen-bond acceptors (Lipinski definition) is 3. The molecule has 1 aliphatic heterocycles. The van der Waals surface area contributed by atoms with Crippen LogP contribution in [-0.4, -0.2) is 27.6 Å². The minimum absolute atomic E-state index is 0.175. The third-order valence-corrected chi connectivity index (χ3v) is 4.30. The zero-order chi connectivity index (χ0) is 13.9. The van der Waals surface area contributed by atoms with Crippen molar-refractivity contribution in [1.29, 1.82) is 0 Å². The summed E-state index contributed by atoms with van der Waals surface area (Å²) in [6.45, 7) is 7.42. The number of thioether (sulfide) groups is 1. The molecule has 1 saturated heterocycles. The van der Waals surface area contributed by atoms with E-state index in [1.807, 2.05) is 11.1 Å². The molecular weight excluding hydrogens is 256 g/mol. The van der Waals surface area contributed by atoms with E-state index in [-0.39, 0.29) is 10.8 Å². The van der Waals surface area contributed by atoms with Crippen LogP contribution in [0.25, 0.3) is 0 Å². The fourth-order valence-corrected chi connectivity index (χ4v) is 3.27. The van der Waals surface area contributed by atoms with Crippen molar-refractivity contribution in [3.63, 3.8) is 0 Å². The Hall–Kier alpha value is -1.03. The lowest BCUT2D eigenvalue weighted by molar-refractivity contribution is -0.121. The molecule has 2 heterocycles. The molecule has 0 aliphatic carbocycles. The van der Waals surface area contributed by atoms with Crippen LogP contribution in [0.1, 0.15) is 51.6 Å². The summed E-state index contributed by atoms with van der Waals surface area (Å²) in [4.78, 5) is 17.5. The summed E-state index contributed by atoms with van der Waals surface area (Å²) in [6, 6.07) is 4.41. The molecular formula is C15H22N2OS. The molecule has 0 saturated carbocycles. The van der Waals surface area contributed by atoms with Crippen molar-refractivity contribution in [3.05, 3.63) is 23.9 Å². The molecule has 19 heavy (non-hydrogen) atoms. The Balaban J connectivity index is 2.11. The molecule has 1 fully saturated rings. The number of pyridine rings is 1.